The molecule has 1 atom stereocenters. The van der Waals surface area contributed by atoms with Gasteiger partial charge in [0.05, 0.1) is 0 Å². The maximum Gasteiger partial charge on any atom is 0.0461 e. The van der Waals surface area contributed by atoms with Crippen LogP contribution in [-0.4, -0.2) is 29.7 Å². The summed E-state index contributed by atoms with van der Waals surface area (Å²) in [5.41, 5.74) is 1.40. The van der Waals surface area contributed by atoms with Gasteiger partial charge in [-0.05, 0) is 26.3 Å². The van der Waals surface area contributed by atoms with Crippen LogP contribution in [0.3, 0.4) is 0 Å². The van der Waals surface area contributed by atoms with E-state index in [-0.39, 0.29) is 0 Å². The predicted octanol–water partition coefficient (Wildman–Crippen LogP) is 2.24. The fraction of sp³-hybridized carbons (Fsp3) is 0.800. The predicted molar refractivity (Wildman–Crippen MR) is 52.6 cm³/mol. The van der Waals surface area contributed by atoms with Crippen LogP contribution < -0.4 is 0 Å². The van der Waals surface area contributed by atoms with Gasteiger partial charge < -0.3 is 5.01 Å². The Kier molecular flexibility index (Phi) is 3.15. The Morgan fingerprint density at radius 3 is 2.58 bits per heavy atom. The van der Waals surface area contributed by atoms with Crippen LogP contribution in [0, 0.1) is 0 Å². The number of nitrogens with zero attached hydrogens (tertiary/aromatic N) is 2. The second kappa shape index (κ2) is 3.94. The first-order valence-electron chi connectivity index (χ1n) is 4.85. The topological polar surface area (TPSA) is 6.48 Å². The summed E-state index contributed by atoms with van der Waals surface area (Å²) in [7, 11) is 2.16. The highest BCUT2D eigenvalue weighted by Gasteiger charge is 2.22. The number of hydrogen-bond acceptors (Lipinski definition) is 2. The van der Waals surface area contributed by atoms with Crippen molar-refractivity contribution >= 4 is 0 Å². The van der Waals surface area contributed by atoms with E-state index in [0.29, 0.717) is 6.04 Å². The number of likely N-dealkylation sites (N-methyl/N-ethyl adjacent to an activating group) is 1. The molecule has 1 heterocycles. The average Bonchev–Trinajstić information content (AvgIpc) is 2.25. The van der Waals surface area contributed by atoms with E-state index in [4.69, 9.17) is 0 Å². The molecule has 1 rings (SSSR count). The summed E-state index contributed by atoms with van der Waals surface area (Å²) in [6.45, 7) is 7.82. The molecule has 0 fully saturated rings. The van der Waals surface area contributed by atoms with Gasteiger partial charge in [-0.25, -0.2) is 5.01 Å². The van der Waals surface area contributed by atoms with Gasteiger partial charge in [-0.3, -0.25) is 0 Å². The van der Waals surface area contributed by atoms with Gasteiger partial charge >= 0.3 is 0 Å². The molecule has 0 bridgehead atoms. The van der Waals surface area contributed by atoms with Crippen LogP contribution in [0.25, 0.3) is 0 Å². The first kappa shape index (κ1) is 9.59. The molecule has 0 saturated heterocycles. The Morgan fingerprint density at radius 1 is 1.50 bits per heavy atom. The molecule has 1 aliphatic heterocycles. The summed E-state index contributed by atoms with van der Waals surface area (Å²) < 4.78 is 0. The zero-order valence-electron chi connectivity index (χ0n) is 8.67. The van der Waals surface area contributed by atoms with E-state index in [1.807, 2.05) is 0 Å². The molecule has 0 aromatic carbocycles. The van der Waals surface area contributed by atoms with Gasteiger partial charge in [-0.15, -0.1) is 0 Å². The van der Waals surface area contributed by atoms with Gasteiger partial charge in [0.1, 0.15) is 0 Å². The molecule has 0 N–H and O–H groups in total. The minimum Gasteiger partial charge on any atom is -0.310 e. The van der Waals surface area contributed by atoms with Gasteiger partial charge in [0.15, 0.2) is 0 Å². The van der Waals surface area contributed by atoms with Crippen molar-refractivity contribution in [2.75, 3.05) is 13.6 Å². The maximum atomic E-state index is 2.37. The van der Waals surface area contributed by atoms with Crippen molar-refractivity contribution in [1.82, 2.24) is 10.0 Å². The number of unbranched alkanes of at least 4 members (excludes halogenated alkanes) is 1. The Labute approximate surface area is 75.8 Å². The third-order valence-corrected chi connectivity index (χ3v) is 2.58. The lowest BCUT2D eigenvalue weighted by Crippen LogP contribution is -2.38. The fourth-order valence-corrected chi connectivity index (χ4v) is 1.65. The Balaban J connectivity index is 2.48. The van der Waals surface area contributed by atoms with Crippen LogP contribution >= 0.6 is 0 Å². The van der Waals surface area contributed by atoms with Crippen molar-refractivity contribution < 1.29 is 0 Å². The normalized spacial score (nSPS) is 24.8. The van der Waals surface area contributed by atoms with Gasteiger partial charge in [0, 0.05) is 25.3 Å². The molecule has 0 saturated carbocycles. The Bertz CT molecular complexity index is 175. The average molecular weight is 168 g/mol. The second-order valence-corrected chi connectivity index (χ2v) is 3.60. The molecule has 1 aliphatic rings. The molecule has 70 valence electrons. The van der Waals surface area contributed by atoms with Crippen LogP contribution in [0.2, 0.25) is 0 Å². The lowest BCUT2D eigenvalue weighted by Gasteiger charge is -2.30. The monoisotopic (exact) mass is 168 g/mol. The highest BCUT2D eigenvalue weighted by molar-refractivity contribution is 5.07. The van der Waals surface area contributed by atoms with Crippen LogP contribution in [0.15, 0.2) is 11.8 Å². The number of rotatable bonds is 3. The smallest absolute Gasteiger partial charge is 0.0461 e. The highest BCUT2D eigenvalue weighted by Crippen LogP contribution is 2.20. The van der Waals surface area contributed by atoms with Crippen molar-refractivity contribution in [3.05, 3.63) is 11.8 Å². The molecule has 2 heteroatoms. The first-order valence-corrected chi connectivity index (χ1v) is 4.85. The molecule has 0 aliphatic carbocycles. The lowest BCUT2D eigenvalue weighted by atomic mass is 10.3. The fourth-order valence-electron chi connectivity index (χ4n) is 1.65. The van der Waals surface area contributed by atoms with Crippen LogP contribution in [-0.2, 0) is 0 Å². The third-order valence-electron chi connectivity index (χ3n) is 2.58. The molecule has 2 nitrogen and oxygen atoms in total. The van der Waals surface area contributed by atoms with Crippen molar-refractivity contribution in [2.45, 2.75) is 39.7 Å². The molecule has 1 unspecified atom stereocenters. The molecule has 0 spiro atoms. The van der Waals surface area contributed by atoms with Crippen molar-refractivity contribution in [3.8, 4) is 0 Å². The number of hydrogen-bond donors (Lipinski definition) is 0. The van der Waals surface area contributed by atoms with E-state index in [0.717, 1.165) is 0 Å². The van der Waals surface area contributed by atoms with E-state index >= 15 is 0 Å². The van der Waals surface area contributed by atoms with Crippen LogP contribution in [0.4, 0.5) is 0 Å². The Hall–Kier alpha value is -0.500. The molecule has 12 heavy (non-hydrogen) atoms. The SMILES string of the molecule is CCCCN1C(C)=CC(C)N1C. The third kappa shape index (κ3) is 1.81. The zero-order chi connectivity index (χ0) is 9.14. The molecule has 0 radical (unpaired) electrons. The summed E-state index contributed by atoms with van der Waals surface area (Å²) in [5.74, 6) is 0. The molecule has 0 aromatic rings. The summed E-state index contributed by atoms with van der Waals surface area (Å²) in [4.78, 5) is 0. The zero-order valence-corrected chi connectivity index (χ0v) is 8.67. The molecule has 0 amide bonds. The van der Waals surface area contributed by atoms with Crippen LogP contribution in [0.1, 0.15) is 33.6 Å². The van der Waals surface area contributed by atoms with Crippen molar-refractivity contribution in [3.63, 3.8) is 0 Å². The van der Waals surface area contributed by atoms with Gasteiger partial charge in [-0.2, -0.15) is 0 Å². The van der Waals surface area contributed by atoms with Crippen molar-refractivity contribution in [1.29, 1.82) is 0 Å². The van der Waals surface area contributed by atoms with E-state index in [2.05, 4.69) is 43.9 Å². The summed E-state index contributed by atoms with van der Waals surface area (Å²) in [5, 5.41) is 4.68. The van der Waals surface area contributed by atoms with E-state index in [1.165, 1.54) is 25.1 Å². The maximum absolute atomic E-state index is 2.37. The van der Waals surface area contributed by atoms with Crippen molar-refractivity contribution in [2.24, 2.45) is 0 Å². The van der Waals surface area contributed by atoms with E-state index < -0.39 is 0 Å². The minimum absolute atomic E-state index is 0.571. The van der Waals surface area contributed by atoms with Crippen LogP contribution in [0.5, 0.6) is 0 Å². The first-order chi connectivity index (χ1) is 5.66. The van der Waals surface area contributed by atoms with Gasteiger partial charge in [0.2, 0.25) is 0 Å². The van der Waals surface area contributed by atoms with E-state index in [9.17, 15) is 0 Å². The Morgan fingerprint density at radius 2 is 2.17 bits per heavy atom. The van der Waals surface area contributed by atoms with Gasteiger partial charge in [-0.1, -0.05) is 13.3 Å². The lowest BCUT2D eigenvalue weighted by molar-refractivity contribution is 0.0397. The highest BCUT2D eigenvalue weighted by atomic mass is 15.6. The largest absolute Gasteiger partial charge is 0.310 e. The molecule has 0 aromatic heterocycles. The summed E-state index contributed by atoms with van der Waals surface area (Å²) in [6, 6.07) is 0.571. The van der Waals surface area contributed by atoms with Gasteiger partial charge in [0.25, 0.3) is 0 Å². The molecular weight excluding hydrogens is 148 g/mol. The quantitative estimate of drug-likeness (QED) is 0.637. The minimum atomic E-state index is 0.571. The number of allylic oxidation sites excluding steroid dienone is 1. The number of hydrazine groups is 1. The van der Waals surface area contributed by atoms with E-state index in [1.54, 1.807) is 0 Å². The molecular formula is C10H20N2. The second-order valence-electron chi connectivity index (χ2n) is 3.60. The summed E-state index contributed by atoms with van der Waals surface area (Å²) >= 11 is 0. The standard InChI is InChI=1S/C10H20N2/c1-5-6-7-12-10(3)8-9(2)11(12)4/h8-9H,5-7H2,1-4H3. The summed E-state index contributed by atoms with van der Waals surface area (Å²) in [6.07, 6.45) is 4.86.